The summed E-state index contributed by atoms with van der Waals surface area (Å²) in [6.07, 6.45) is 2.67. The van der Waals surface area contributed by atoms with Gasteiger partial charge in [0.2, 0.25) is 5.91 Å². The zero-order valence-corrected chi connectivity index (χ0v) is 13.2. The van der Waals surface area contributed by atoms with Crippen LogP contribution in [0.15, 0.2) is 63.3 Å². The van der Waals surface area contributed by atoms with Gasteiger partial charge in [0.15, 0.2) is 5.17 Å². The minimum absolute atomic E-state index is 0.270. The molecule has 0 unspecified atom stereocenters. The number of amides is 1. The molecule has 1 aliphatic heterocycles. The molecule has 2 aromatic rings. The lowest BCUT2D eigenvalue weighted by Gasteiger charge is -2.15. The summed E-state index contributed by atoms with van der Waals surface area (Å²) in [6, 6.07) is 12.4. The summed E-state index contributed by atoms with van der Waals surface area (Å²) in [4.78, 5) is 24.9. The highest BCUT2D eigenvalue weighted by molar-refractivity contribution is 8.16. The Balaban J connectivity index is 1.88. The zero-order chi connectivity index (χ0) is 16.9. The average Bonchev–Trinajstić information content (AvgIpc) is 3.17. The maximum absolute atomic E-state index is 12.5. The SMILES string of the molecule is O=C(O)C[C@H]1S/C(=N\N=C/c2ccco2)N(c2ccccc2)C1=O. The standard InChI is InChI=1S/C16H13N3O4S/c20-14(21)9-13-15(22)19(11-5-2-1-3-6-11)16(24-13)18-17-10-12-7-4-8-23-12/h1-8,10,13H,9H2,(H,20,21)/b17-10-,18-16-/t13-/m1/s1. The van der Waals surface area contributed by atoms with Crippen molar-refractivity contribution in [2.24, 2.45) is 10.2 Å². The van der Waals surface area contributed by atoms with Crippen LogP contribution in [-0.4, -0.2) is 33.6 Å². The highest BCUT2D eigenvalue weighted by atomic mass is 32.2. The number of nitrogens with zero attached hydrogens (tertiary/aromatic N) is 3. The quantitative estimate of drug-likeness (QED) is 0.665. The van der Waals surface area contributed by atoms with Crippen LogP contribution >= 0.6 is 11.8 Å². The highest BCUT2D eigenvalue weighted by Gasteiger charge is 2.40. The number of benzene rings is 1. The van der Waals surface area contributed by atoms with Crippen molar-refractivity contribution in [2.75, 3.05) is 4.90 Å². The normalized spacial score (nSPS) is 19.5. The van der Waals surface area contributed by atoms with E-state index in [0.717, 1.165) is 11.8 Å². The van der Waals surface area contributed by atoms with E-state index >= 15 is 0 Å². The van der Waals surface area contributed by atoms with Crippen LogP contribution in [-0.2, 0) is 9.59 Å². The number of carboxylic acids is 1. The van der Waals surface area contributed by atoms with Crippen molar-refractivity contribution in [3.8, 4) is 0 Å². The molecule has 1 amide bonds. The fourth-order valence-corrected chi connectivity index (χ4v) is 3.22. The minimum atomic E-state index is -1.03. The largest absolute Gasteiger partial charge is 0.481 e. The fraction of sp³-hybridized carbons (Fsp3) is 0.125. The average molecular weight is 343 g/mol. The molecule has 1 fully saturated rings. The molecule has 1 saturated heterocycles. The number of aliphatic carboxylic acids is 1. The number of anilines is 1. The van der Waals surface area contributed by atoms with E-state index in [2.05, 4.69) is 10.2 Å². The number of carboxylic acid groups (broad SMARTS) is 1. The number of hydrogen-bond acceptors (Lipinski definition) is 6. The molecule has 0 radical (unpaired) electrons. The van der Waals surface area contributed by atoms with Crippen molar-refractivity contribution in [2.45, 2.75) is 11.7 Å². The topological polar surface area (TPSA) is 95.5 Å². The molecular weight excluding hydrogens is 330 g/mol. The Morgan fingerprint density at radius 2 is 2.08 bits per heavy atom. The first kappa shape index (κ1) is 16.0. The fourth-order valence-electron chi connectivity index (χ4n) is 2.14. The number of para-hydroxylation sites is 1. The number of rotatable bonds is 5. The predicted octanol–water partition coefficient (Wildman–Crippen LogP) is 2.59. The van der Waals surface area contributed by atoms with Crippen LogP contribution in [0.2, 0.25) is 0 Å². The zero-order valence-electron chi connectivity index (χ0n) is 12.4. The number of carbonyl (C=O) groups excluding carboxylic acids is 1. The molecule has 0 bridgehead atoms. The summed E-state index contributed by atoms with van der Waals surface area (Å²) in [5.41, 5.74) is 0.620. The summed E-state index contributed by atoms with van der Waals surface area (Å²) < 4.78 is 5.12. The summed E-state index contributed by atoms with van der Waals surface area (Å²) in [6.45, 7) is 0. The van der Waals surface area contributed by atoms with Crippen LogP contribution in [0.3, 0.4) is 0 Å². The van der Waals surface area contributed by atoms with Gasteiger partial charge in [-0.1, -0.05) is 30.0 Å². The van der Waals surface area contributed by atoms with Gasteiger partial charge in [-0.15, -0.1) is 5.10 Å². The summed E-state index contributed by atoms with van der Waals surface area (Å²) in [5, 5.41) is 16.6. The summed E-state index contributed by atoms with van der Waals surface area (Å²) in [5.74, 6) is -0.822. The van der Waals surface area contributed by atoms with Gasteiger partial charge >= 0.3 is 5.97 Å². The van der Waals surface area contributed by atoms with E-state index < -0.39 is 11.2 Å². The summed E-state index contributed by atoms with van der Waals surface area (Å²) in [7, 11) is 0. The van der Waals surface area contributed by atoms with Gasteiger partial charge in [0, 0.05) is 0 Å². The van der Waals surface area contributed by atoms with Crippen molar-refractivity contribution in [1.29, 1.82) is 0 Å². The highest BCUT2D eigenvalue weighted by Crippen LogP contribution is 2.33. The summed E-state index contributed by atoms with van der Waals surface area (Å²) >= 11 is 1.09. The predicted molar refractivity (Wildman–Crippen MR) is 91.3 cm³/mol. The van der Waals surface area contributed by atoms with Crippen molar-refractivity contribution in [1.82, 2.24) is 0 Å². The molecule has 0 saturated carbocycles. The third kappa shape index (κ3) is 3.54. The van der Waals surface area contributed by atoms with Crippen molar-refractivity contribution >= 4 is 40.7 Å². The second-order valence-corrected chi connectivity index (χ2v) is 6.03. The van der Waals surface area contributed by atoms with Gasteiger partial charge in [0.05, 0.1) is 24.6 Å². The van der Waals surface area contributed by atoms with Gasteiger partial charge in [0.1, 0.15) is 11.0 Å². The van der Waals surface area contributed by atoms with Crippen LogP contribution in [0.25, 0.3) is 0 Å². The lowest BCUT2D eigenvalue weighted by Crippen LogP contribution is -2.32. The van der Waals surface area contributed by atoms with Crippen LogP contribution in [0.5, 0.6) is 0 Å². The molecule has 122 valence electrons. The maximum Gasteiger partial charge on any atom is 0.305 e. The lowest BCUT2D eigenvalue weighted by molar-refractivity contribution is -0.138. The molecule has 8 heteroatoms. The monoisotopic (exact) mass is 343 g/mol. The van der Waals surface area contributed by atoms with E-state index in [-0.39, 0.29) is 12.3 Å². The molecule has 3 rings (SSSR count). The number of thioether (sulfide) groups is 1. The number of carbonyl (C=O) groups is 2. The lowest BCUT2D eigenvalue weighted by atomic mass is 10.2. The Labute approximate surface area is 141 Å². The molecular formula is C16H13N3O4S. The van der Waals surface area contributed by atoms with Crippen LogP contribution in [0.1, 0.15) is 12.2 Å². The minimum Gasteiger partial charge on any atom is -0.481 e. The second-order valence-electron chi connectivity index (χ2n) is 4.86. The van der Waals surface area contributed by atoms with E-state index in [4.69, 9.17) is 9.52 Å². The molecule has 7 nitrogen and oxygen atoms in total. The van der Waals surface area contributed by atoms with Crippen LogP contribution in [0, 0.1) is 0 Å². The first-order valence-electron chi connectivity index (χ1n) is 7.07. The molecule has 1 atom stereocenters. The Morgan fingerprint density at radius 1 is 1.29 bits per heavy atom. The van der Waals surface area contributed by atoms with Gasteiger partial charge in [-0.25, -0.2) is 0 Å². The molecule has 1 N–H and O–H groups in total. The van der Waals surface area contributed by atoms with E-state index in [0.29, 0.717) is 16.6 Å². The molecule has 0 aliphatic carbocycles. The Hall–Kier alpha value is -2.87. The van der Waals surface area contributed by atoms with E-state index in [1.54, 1.807) is 36.4 Å². The van der Waals surface area contributed by atoms with Gasteiger partial charge in [-0.2, -0.15) is 5.10 Å². The van der Waals surface area contributed by atoms with Crippen molar-refractivity contribution in [3.63, 3.8) is 0 Å². The molecule has 1 aromatic heterocycles. The Morgan fingerprint density at radius 3 is 2.75 bits per heavy atom. The maximum atomic E-state index is 12.5. The van der Waals surface area contributed by atoms with Crippen LogP contribution in [0.4, 0.5) is 5.69 Å². The van der Waals surface area contributed by atoms with E-state index in [1.165, 1.54) is 17.4 Å². The third-order valence-corrected chi connectivity index (χ3v) is 4.31. The van der Waals surface area contributed by atoms with Gasteiger partial charge < -0.3 is 9.52 Å². The van der Waals surface area contributed by atoms with E-state index in [1.807, 2.05) is 6.07 Å². The first-order valence-corrected chi connectivity index (χ1v) is 7.95. The van der Waals surface area contributed by atoms with Crippen molar-refractivity contribution in [3.05, 3.63) is 54.5 Å². The van der Waals surface area contributed by atoms with Gasteiger partial charge in [-0.3, -0.25) is 14.5 Å². The number of furan rings is 1. The number of amidine groups is 1. The molecule has 1 aromatic carbocycles. The number of hydrogen-bond donors (Lipinski definition) is 1. The van der Waals surface area contributed by atoms with Gasteiger partial charge in [0.25, 0.3) is 0 Å². The first-order chi connectivity index (χ1) is 11.6. The van der Waals surface area contributed by atoms with E-state index in [9.17, 15) is 9.59 Å². The third-order valence-electron chi connectivity index (χ3n) is 3.18. The smallest absolute Gasteiger partial charge is 0.305 e. The van der Waals surface area contributed by atoms with Crippen LogP contribution < -0.4 is 4.90 Å². The second kappa shape index (κ2) is 7.14. The molecule has 2 heterocycles. The molecule has 1 aliphatic rings. The Kier molecular flexibility index (Phi) is 4.76. The van der Waals surface area contributed by atoms with Crippen molar-refractivity contribution < 1.29 is 19.1 Å². The Bertz CT molecular complexity index is 787. The molecule has 24 heavy (non-hydrogen) atoms. The van der Waals surface area contributed by atoms with Gasteiger partial charge in [-0.05, 0) is 24.3 Å². The molecule has 0 spiro atoms.